The molecule has 1 fully saturated rings. The van der Waals surface area contributed by atoms with Crippen molar-refractivity contribution in [2.24, 2.45) is 17.3 Å². The van der Waals surface area contributed by atoms with Crippen LogP contribution in [0, 0.1) is 17.3 Å². The third-order valence-electron chi connectivity index (χ3n) is 7.94. The topological polar surface area (TPSA) is 37.4 Å². The van der Waals surface area contributed by atoms with Gasteiger partial charge in [0.25, 0.3) is 0 Å². The molecule has 0 aromatic heterocycles. The van der Waals surface area contributed by atoms with Crippen molar-refractivity contribution >= 4 is 11.7 Å². The van der Waals surface area contributed by atoms with Gasteiger partial charge >= 0.3 is 0 Å². The van der Waals surface area contributed by atoms with Crippen LogP contribution in [0.15, 0.2) is 71.8 Å². The Kier molecular flexibility index (Phi) is 5.88. The van der Waals surface area contributed by atoms with Crippen LogP contribution in [0.5, 0.6) is 0 Å². The highest BCUT2D eigenvalue weighted by molar-refractivity contribution is 5.99. The van der Waals surface area contributed by atoms with Crippen LogP contribution in [-0.4, -0.2) is 22.6 Å². The smallest absolute Gasteiger partial charge is 0.223 e. The van der Waals surface area contributed by atoms with Crippen molar-refractivity contribution in [1.29, 1.82) is 0 Å². The molecule has 1 aliphatic carbocycles. The molecule has 4 atom stereocenters. The van der Waals surface area contributed by atoms with Crippen molar-refractivity contribution in [1.82, 2.24) is 4.90 Å². The molecule has 1 aliphatic heterocycles. The molecular weight excluding hydrogens is 382 g/mol. The Morgan fingerprint density at radius 1 is 0.935 bits per heavy atom. The van der Waals surface area contributed by atoms with Crippen LogP contribution in [-0.2, 0) is 22.6 Å². The second kappa shape index (κ2) is 8.45. The maximum Gasteiger partial charge on any atom is 0.223 e. The van der Waals surface area contributed by atoms with Gasteiger partial charge in [-0.3, -0.25) is 9.59 Å². The Labute approximate surface area is 186 Å². The maximum atomic E-state index is 13.8. The fourth-order valence-electron chi connectivity index (χ4n) is 5.75. The van der Waals surface area contributed by atoms with E-state index in [9.17, 15) is 9.59 Å². The predicted octanol–water partition coefficient (Wildman–Crippen LogP) is 5.60. The second-order valence-corrected chi connectivity index (χ2v) is 9.66. The molecule has 0 N–H and O–H groups in total. The normalized spacial score (nSPS) is 29.0. The first-order valence-corrected chi connectivity index (χ1v) is 11.4. The number of Topliss-reactive ketones (excluding diaryl/α,β-unsaturated/α-hetero) is 1. The number of benzene rings is 2. The minimum atomic E-state index is -0.237. The van der Waals surface area contributed by atoms with E-state index in [0.717, 1.165) is 28.7 Å². The molecule has 2 aromatic rings. The number of fused-ring (bicyclic) bond motifs is 1. The molecule has 4 rings (SSSR count). The SMILES string of the molecule is CC1=C(Cc2ccccc2)C(=O)[C@@H](C)[C@@]2(C)CCC(=O)N(Cc3ccccc3)C2[C@H]1C. The average Bonchev–Trinajstić information content (AvgIpc) is 2.83. The van der Waals surface area contributed by atoms with Crippen LogP contribution in [0.4, 0.5) is 0 Å². The molecule has 1 saturated heterocycles. The summed E-state index contributed by atoms with van der Waals surface area (Å²) in [5.41, 5.74) is 4.15. The Balaban J connectivity index is 1.76. The molecule has 162 valence electrons. The minimum absolute atomic E-state index is 0.0150. The molecule has 0 bridgehead atoms. The number of allylic oxidation sites excluding steroid dienone is 1. The van der Waals surface area contributed by atoms with Crippen molar-refractivity contribution in [2.75, 3.05) is 0 Å². The number of carbonyl (C=O) groups is 2. The van der Waals surface area contributed by atoms with E-state index >= 15 is 0 Å². The molecule has 3 heteroatoms. The van der Waals surface area contributed by atoms with Gasteiger partial charge in [-0.05, 0) is 41.4 Å². The molecule has 3 nitrogen and oxygen atoms in total. The zero-order valence-corrected chi connectivity index (χ0v) is 19.1. The number of amides is 1. The summed E-state index contributed by atoms with van der Waals surface area (Å²) in [6, 6.07) is 20.5. The molecular formula is C28H33NO2. The molecule has 0 saturated carbocycles. The van der Waals surface area contributed by atoms with Crippen molar-refractivity contribution < 1.29 is 9.59 Å². The van der Waals surface area contributed by atoms with Crippen LogP contribution in [0.1, 0.15) is 51.7 Å². The third-order valence-corrected chi connectivity index (χ3v) is 7.94. The first kappa shape index (κ1) is 21.5. The number of hydrogen-bond acceptors (Lipinski definition) is 2. The quantitative estimate of drug-likeness (QED) is 0.652. The number of rotatable bonds is 4. The molecule has 1 heterocycles. The Hall–Kier alpha value is -2.68. The minimum Gasteiger partial charge on any atom is -0.334 e. The lowest BCUT2D eigenvalue weighted by Gasteiger charge is -2.52. The van der Waals surface area contributed by atoms with Gasteiger partial charge < -0.3 is 4.90 Å². The number of piperidine rings is 1. The van der Waals surface area contributed by atoms with Crippen LogP contribution < -0.4 is 0 Å². The molecule has 2 aromatic carbocycles. The summed E-state index contributed by atoms with van der Waals surface area (Å²) in [7, 11) is 0. The molecule has 31 heavy (non-hydrogen) atoms. The zero-order valence-electron chi connectivity index (χ0n) is 19.1. The van der Waals surface area contributed by atoms with Gasteiger partial charge in [-0.15, -0.1) is 0 Å². The molecule has 1 unspecified atom stereocenters. The summed E-state index contributed by atoms with van der Waals surface area (Å²) in [5.74, 6) is 0.470. The van der Waals surface area contributed by atoms with Gasteiger partial charge in [-0.25, -0.2) is 0 Å². The second-order valence-electron chi connectivity index (χ2n) is 9.66. The Morgan fingerprint density at radius 2 is 1.52 bits per heavy atom. The number of hydrogen-bond donors (Lipinski definition) is 0. The number of carbonyl (C=O) groups excluding carboxylic acids is 2. The first-order valence-electron chi connectivity index (χ1n) is 11.4. The van der Waals surface area contributed by atoms with Crippen molar-refractivity contribution in [3.8, 4) is 0 Å². The van der Waals surface area contributed by atoms with Crippen LogP contribution in [0.2, 0.25) is 0 Å². The van der Waals surface area contributed by atoms with E-state index in [-0.39, 0.29) is 35.0 Å². The molecule has 2 aliphatic rings. The molecule has 0 spiro atoms. The van der Waals surface area contributed by atoms with Gasteiger partial charge in [-0.2, -0.15) is 0 Å². The van der Waals surface area contributed by atoms with Crippen molar-refractivity contribution in [2.45, 2.75) is 59.5 Å². The van der Waals surface area contributed by atoms with Crippen molar-refractivity contribution in [3.05, 3.63) is 82.9 Å². The largest absolute Gasteiger partial charge is 0.334 e. The number of nitrogens with zero attached hydrogens (tertiary/aromatic N) is 1. The summed E-state index contributed by atoms with van der Waals surface area (Å²) < 4.78 is 0. The van der Waals surface area contributed by atoms with Gasteiger partial charge in [0.1, 0.15) is 0 Å². The molecule has 0 radical (unpaired) electrons. The van der Waals surface area contributed by atoms with Gasteiger partial charge in [-0.1, -0.05) is 87.0 Å². The fraction of sp³-hybridized carbons (Fsp3) is 0.429. The average molecular weight is 416 g/mol. The zero-order chi connectivity index (χ0) is 22.2. The maximum absolute atomic E-state index is 13.8. The lowest BCUT2D eigenvalue weighted by molar-refractivity contribution is -0.151. The van der Waals surface area contributed by atoms with E-state index in [4.69, 9.17) is 0 Å². The van der Waals surface area contributed by atoms with Gasteiger partial charge in [0.2, 0.25) is 5.91 Å². The van der Waals surface area contributed by atoms with E-state index in [1.807, 2.05) is 36.4 Å². The monoisotopic (exact) mass is 415 g/mol. The van der Waals surface area contributed by atoms with E-state index in [0.29, 0.717) is 19.4 Å². The summed E-state index contributed by atoms with van der Waals surface area (Å²) >= 11 is 0. The van der Waals surface area contributed by atoms with E-state index in [2.05, 4.69) is 56.9 Å². The van der Waals surface area contributed by atoms with Crippen LogP contribution in [0.3, 0.4) is 0 Å². The number of likely N-dealkylation sites (tertiary alicyclic amines) is 1. The fourth-order valence-corrected chi connectivity index (χ4v) is 5.75. The van der Waals surface area contributed by atoms with Crippen molar-refractivity contribution in [3.63, 3.8) is 0 Å². The van der Waals surface area contributed by atoms with Gasteiger partial charge in [0, 0.05) is 31.3 Å². The van der Waals surface area contributed by atoms with E-state index in [1.54, 1.807) is 0 Å². The van der Waals surface area contributed by atoms with E-state index < -0.39 is 0 Å². The standard InChI is InChI=1S/C28H33NO2/c1-19-20(2)27-28(4,16-15-25(30)29(27)18-23-13-9-6-10-14-23)21(3)26(31)24(19)17-22-11-7-5-8-12-22/h5-14,20-21,27H,15-18H2,1-4H3/t20-,21+,27?,28+/m0/s1. The summed E-state index contributed by atoms with van der Waals surface area (Å²) in [5, 5.41) is 0. The predicted molar refractivity (Wildman–Crippen MR) is 124 cm³/mol. The Bertz CT molecular complexity index is 994. The Morgan fingerprint density at radius 3 is 2.13 bits per heavy atom. The highest BCUT2D eigenvalue weighted by atomic mass is 16.2. The lowest BCUT2D eigenvalue weighted by Crippen LogP contribution is -2.58. The van der Waals surface area contributed by atoms with Crippen LogP contribution >= 0.6 is 0 Å². The van der Waals surface area contributed by atoms with Crippen LogP contribution in [0.25, 0.3) is 0 Å². The first-order chi connectivity index (χ1) is 14.8. The van der Waals surface area contributed by atoms with Gasteiger partial charge in [0.15, 0.2) is 5.78 Å². The third kappa shape index (κ3) is 3.86. The highest BCUT2D eigenvalue weighted by Gasteiger charge is 2.53. The van der Waals surface area contributed by atoms with E-state index in [1.165, 1.54) is 0 Å². The highest BCUT2D eigenvalue weighted by Crippen LogP contribution is 2.51. The summed E-state index contributed by atoms with van der Waals surface area (Å²) in [6.45, 7) is 9.25. The van der Waals surface area contributed by atoms with Gasteiger partial charge in [0.05, 0.1) is 0 Å². The number of ketones is 1. The molecule has 1 amide bonds. The lowest BCUT2D eigenvalue weighted by atomic mass is 9.63. The summed E-state index contributed by atoms with van der Waals surface area (Å²) in [4.78, 5) is 29.0. The summed E-state index contributed by atoms with van der Waals surface area (Å²) in [6.07, 6.45) is 1.94.